The summed E-state index contributed by atoms with van der Waals surface area (Å²) in [6, 6.07) is 13.5. The molecule has 0 amide bonds. The maximum absolute atomic E-state index is 14.4. The quantitative estimate of drug-likeness (QED) is 0.206. The van der Waals surface area contributed by atoms with Gasteiger partial charge in [-0.25, -0.2) is 12.8 Å². The van der Waals surface area contributed by atoms with Crippen molar-refractivity contribution in [3.63, 3.8) is 0 Å². The standard InChI is InChI=1S/C23H19FN2O7S/c1-15-7-10-17(11-8-15)34(31,32)25(14-22(27)33-2)21-12-9-16(26(29)30)13-19(21)23(28)18-5-3-4-6-20(18)24/h3-13H,14H2,1-2H3. The zero-order valence-corrected chi connectivity index (χ0v) is 18.9. The number of hydrogen-bond donors (Lipinski definition) is 0. The van der Waals surface area contributed by atoms with Gasteiger partial charge in [0, 0.05) is 12.1 Å². The molecule has 0 N–H and O–H groups in total. The molecule has 3 rings (SSSR count). The Morgan fingerprint density at radius 2 is 1.68 bits per heavy atom. The number of benzene rings is 3. The number of halogens is 1. The molecule has 0 bridgehead atoms. The van der Waals surface area contributed by atoms with E-state index in [2.05, 4.69) is 4.74 Å². The topological polar surface area (TPSA) is 124 Å². The summed E-state index contributed by atoms with van der Waals surface area (Å²) in [6.07, 6.45) is 0. The van der Waals surface area contributed by atoms with Crippen molar-refractivity contribution in [2.75, 3.05) is 18.0 Å². The Morgan fingerprint density at radius 1 is 1.03 bits per heavy atom. The molecule has 0 atom stereocenters. The first kappa shape index (κ1) is 24.5. The number of esters is 1. The Balaban J connectivity index is 2.27. The van der Waals surface area contributed by atoms with Gasteiger partial charge in [0.15, 0.2) is 5.78 Å². The van der Waals surface area contributed by atoms with Crippen molar-refractivity contribution in [2.45, 2.75) is 11.8 Å². The average Bonchev–Trinajstić information content (AvgIpc) is 2.82. The molecule has 0 radical (unpaired) electrons. The molecule has 176 valence electrons. The molecule has 0 aliphatic rings. The third-order valence-corrected chi connectivity index (χ3v) is 6.71. The van der Waals surface area contributed by atoms with Gasteiger partial charge in [-0.3, -0.25) is 24.0 Å². The van der Waals surface area contributed by atoms with Crippen LogP contribution in [0.25, 0.3) is 0 Å². The van der Waals surface area contributed by atoms with Gasteiger partial charge in [-0.05, 0) is 37.3 Å². The minimum Gasteiger partial charge on any atom is -0.468 e. The number of anilines is 1. The Morgan fingerprint density at radius 3 is 2.26 bits per heavy atom. The van der Waals surface area contributed by atoms with Gasteiger partial charge in [0.25, 0.3) is 15.7 Å². The number of ketones is 1. The largest absolute Gasteiger partial charge is 0.468 e. The summed E-state index contributed by atoms with van der Waals surface area (Å²) < 4.78 is 46.6. The maximum Gasteiger partial charge on any atom is 0.326 e. The summed E-state index contributed by atoms with van der Waals surface area (Å²) in [5.41, 5.74) is -0.975. The third kappa shape index (κ3) is 4.94. The van der Waals surface area contributed by atoms with E-state index < -0.39 is 55.9 Å². The second kappa shape index (κ2) is 9.79. The lowest BCUT2D eigenvalue weighted by Crippen LogP contribution is -2.37. The van der Waals surface area contributed by atoms with Crippen LogP contribution in [0.5, 0.6) is 0 Å². The number of carbonyl (C=O) groups is 2. The van der Waals surface area contributed by atoms with E-state index in [1.807, 2.05) is 0 Å². The molecule has 0 aromatic heterocycles. The first-order valence-corrected chi connectivity index (χ1v) is 11.2. The SMILES string of the molecule is COC(=O)CN(c1ccc([N+](=O)[O-])cc1C(=O)c1ccccc1F)S(=O)(=O)c1ccc(C)cc1. The normalized spacial score (nSPS) is 11.0. The fraction of sp³-hybridized carbons (Fsp3) is 0.130. The van der Waals surface area contributed by atoms with E-state index >= 15 is 0 Å². The number of ether oxygens (including phenoxy) is 1. The van der Waals surface area contributed by atoms with E-state index in [1.54, 1.807) is 19.1 Å². The monoisotopic (exact) mass is 486 g/mol. The Labute approximate surface area is 194 Å². The van der Waals surface area contributed by atoms with Gasteiger partial charge in [0.1, 0.15) is 12.4 Å². The van der Waals surface area contributed by atoms with Crippen LogP contribution in [0.15, 0.2) is 71.6 Å². The number of rotatable bonds is 8. The summed E-state index contributed by atoms with van der Waals surface area (Å²) in [7, 11) is -3.38. The fourth-order valence-electron chi connectivity index (χ4n) is 3.15. The van der Waals surface area contributed by atoms with Crippen molar-refractivity contribution in [3.8, 4) is 0 Å². The van der Waals surface area contributed by atoms with Gasteiger partial charge in [-0.15, -0.1) is 0 Å². The van der Waals surface area contributed by atoms with E-state index in [0.29, 0.717) is 4.31 Å². The fourth-order valence-corrected chi connectivity index (χ4v) is 4.57. The summed E-state index contributed by atoms with van der Waals surface area (Å²) in [4.78, 5) is 35.7. The number of nitro groups is 1. The highest BCUT2D eigenvalue weighted by Crippen LogP contribution is 2.32. The van der Waals surface area contributed by atoms with Crippen molar-refractivity contribution >= 4 is 33.2 Å². The lowest BCUT2D eigenvalue weighted by atomic mass is 10.0. The van der Waals surface area contributed by atoms with Crippen molar-refractivity contribution < 1.29 is 32.1 Å². The van der Waals surface area contributed by atoms with Crippen LogP contribution in [0, 0.1) is 22.9 Å². The van der Waals surface area contributed by atoms with Crippen LogP contribution in [0.1, 0.15) is 21.5 Å². The van der Waals surface area contributed by atoms with Crippen molar-refractivity contribution in [2.24, 2.45) is 0 Å². The molecule has 0 heterocycles. The lowest BCUT2D eigenvalue weighted by Gasteiger charge is -2.25. The predicted molar refractivity (Wildman–Crippen MR) is 121 cm³/mol. The van der Waals surface area contributed by atoms with Gasteiger partial charge in [0.2, 0.25) is 0 Å². The zero-order chi connectivity index (χ0) is 25.0. The van der Waals surface area contributed by atoms with E-state index in [-0.39, 0.29) is 10.6 Å². The Kier molecular flexibility index (Phi) is 7.06. The van der Waals surface area contributed by atoms with Gasteiger partial charge < -0.3 is 4.74 Å². The van der Waals surface area contributed by atoms with E-state index in [0.717, 1.165) is 36.9 Å². The predicted octanol–water partition coefficient (Wildman–Crippen LogP) is 3.64. The highest BCUT2D eigenvalue weighted by Gasteiger charge is 2.32. The van der Waals surface area contributed by atoms with Gasteiger partial charge in [0.05, 0.1) is 33.7 Å². The number of methoxy groups -OCH3 is 1. The second-order valence-electron chi connectivity index (χ2n) is 7.17. The number of hydrogen-bond acceptors (Lipinski definition) is 7. The van der Waals surface area contributed by atoms with Crippen LogP contribution in [-0.2, 0) is 19.6 Å². The summed E-state index contributed by atoms with van der Waals surface area (Å²) >= 11 is 0. The number of nitrogens with zero attached hydrogens (tertiary/aromatic N) is 2. The molecule has 3 aromatic rings. The van der Waals surface area contributed by atoms with Crippen LogP contribution >= 0.6 is 0 Å². The van der Waals surface area contributed by atoms with Crippen LogP contribution in [0.2, 0.25) is 0 Å². The number of sulfonamides is 1. The van der Waals surface area contributed by atoms with Crippen LogP contribution in [0.4, 0.5) is 15.8 Å². The summed E-state index contributed by atoms with van der Waals surface area (Å²) in [6.45, 7) is 0.923. The molecule has 0 saturated carbocycles. The molecule has 3 aromatic carbocycles. The lowest BCUT2D eigenvalue weighted by molar-refractivity contribution is -0.384. The maximum atomic E-state index is 14.4. The number of non-ortho nitro benzene ring substituents is 1. The smallest absolute Gasteiger partial charge is 0.326 e. The molecule has 0 saturated heterocycles. The Hall–Kier alpha value is -4.12. The minimum atomic E-state index is -4.44. The number of nitro benzene ring substituents is 1. The van der Waals surface area contributed by atoms with Crippen LogP contribution in [-0.4, -0.2) is 38.7 Å². The number of carbonyl (C=O) groups excluding carboxylic acids is 2. The second-order valence-corrected chi connectivity index (χ2v) is 9.03. The highest BCUT2D eigenvalue weighted by molar-refractivity contribution is 7.92. The molecule has 34 heavy (non-hydrogen) atoms. The van der Waals surface area contributed by atoms with Gasteiger partial charge in [-0.1, -0.05) is 29.8 Å². The van der Waals surface area contributed by atoms with Crippen LogP contribution < -0.4 is 4.31 Å². The summed E-state index contributed by atoms with van der Waals surface area (Å²) in [5, 5.41) is 11.3. The Bertz CT molecular complexity index is 1370. The molecular formula is C23H19FN2O7S. The third-order valence-electron chi connectivity index (χ3n) is 4.93. The zero-order valence-electron chi connectivity index (χ0n) is 18.1. The average molecular weight is 486 g/mol. The minimum absolute atomic E-state index is 0.190. The van der Waals surface area contributed by atoms with E-state index in [4.69, 9.17) is 0 Å². The van der Waals surface area contributed by atoms with Crippen molar-refractivity contribution in [3.05, 3.63) is 99.4 Å². The van der Waals surface area contributed by atoms with Crippen molar-refractivity contribution in [1.29, 1.82) is 0 Å². The van der Waals surface area contributed by atoms with E-state index in [9.17, 15) is 32.5 Å². The molecule has 0 fully saturated rings. The molecule has 0 aliphatic heterocycles. The first-order valence-electron chi connectivity index (χ1n) is 9.80. The highest BCUT2D eigenvalue weighted by atomic mass is 32.2. The molecule has 11 heteroatoms. The first-order chi connectivity index (χ1) is 16.1. The van der Waals surface area contributed by atoms with Crippen LogP contribution in [0.3, 0.4) is 0 Å². The number of aryl methyl sites for hydroxylation is 1. The molecule has 9 nitrogen and oxygen atoms in total. The summed E-state index contributed by atoms with van der Waals surface area (Å²) in [5.74, 6) is -2.84. The molecule has 0 aliphatic carbocycles. The van der Waals surface area contributed by atoms with Crippen molar-refractivity contribution in [1.82, 2.24) is 0 Å². The molecule has 0 spiro atoms. The van der Waals surface area contributed by atoms with Gasteiger partial charge in [-0.2, -0.15) is 0 Å². The van der Waals surface area contributed by atoms with Gasteiger partial charge >= 0.3 is 5.97 Å². The molecular weight excluding hydrogens is 467 g/mol. The molecule has 0 unspecified atom stereocenters. The van der Waals surface area contributed by atoms with E-state index in [1.165, 1.54) is 30.3 Å².